The Labute approximate surface area is 146 Å². The van der Waals surface area contributed by atoms with Gasteiger partial charge >= 0.3 is 5.97 Å². The maximum atomic E-state index is 12.1. The minimum atomic E-state index is -0.555. The van der Waals surface area contributed by atoms with E-state index in [1.165, 1.54) is 12.2 Å². The number of amides is 2. The van der Waals surface area contributed by atoms with Crippen molar-refractivity contribution in [2.24, 2.45) is 5.73 Å². The molecule has 2 amide bonds. The van der Waals surface area contributed by atoms with Crippen LogP contribution in [0.25, 0.3) is 0 Å². The van der Waals surface area contributed by atoms with Crippen LogP contribution in [-0.4, -0.2) is 41.7 Å². The van der Waals surface area contributed by atoms with Gasteiger partial charge in [0, 0.05) is 22.1 Å². The lowest BCUT2D eigenvalue weighted by molar-refractivity contribution is -0.137. The van der Waals surface area contributed by atoms with E-state index in [2.05, 4.69) is 22.6 Å². The van der Waals surface area contributed by atoms with E-state index in [1.54, 1.807) is 12.1 Å². The molecule has 1 aromatic carbocycles. The second kappa shape index (κ2) is 7.36. The Hall–Kier alpha value is -2.23. The maximum absolute atomic E-state index is 12.1. The molecule has 7 nitrogen and oxygen atoms in total. The molecule has 0 saturated heterocycles. The molecule has 0 atom stereocenters. The molecular formula is C15H14IN3O4. The van der Waals surface area contributed by atoms with Crippen LogP contribution in [-0.2, 0) is 20.7 Å². The molecule has 1 aromatic rings. The van der Waals surface area contributed by atoms with Crippen LogP contribution < -0.4 is 5.73 Å². The van der Waals surface area contributed by atoms with Crippen molar-refractivity contribution in [1.82, 2.24) is 4.90 Å². The Morgan fingerprint density at radius 1 is 1.22 bits per heavy atom. The molecule has 120 valence electrons. The van der Waals surface area contributed by atoms with Crippen molar-refractivity contribution in [1.29, 1.82) is 5.41 Å². The quantitative estimate of drug-likeness (QED) is 0.228. The number of benzene rings is 1. The summed E-state index contributed by atoms with van der Waals surface area (Å²) in [6.45, 7) is -0.0633. The molecule has 23 heavy (non-hydrogen) atoms. The van der Waals surface area contributed by atoms with Gasteiger partial charge in [-0.25, -0.2) is 4.79 Å². The molecular weight excluding hydrogens is 417 g/mol. The van der Waals surface area contributed by atoms with Gasteiger partial charge in [0.15, 0.2) is 0 Å². The number of carbonyl (C=O) groups excluding carboxylic acids is 3. The second-order valence-corrected chi connectivity index (χ2v) is 6.09. The number of esters is 1. The number of nitrogens with two attached hydrogens (primary N) is 1. The normalized spacial score (nSPS) is 13.5. The second-order valence-electron chi connectivity index (χ2n) is 4.85. The number of hydrogen-bond acceptors (Lipinski definition) is 5. The van der Waals surface area contributed by atoms with Crippen molar-refractivity contribution in [3.63, 3.8) is 0 Å². The number of halogens is 1. The van der Waals surface area contributed by atoms with Gasteiger partial charge in [-0.3, -0.25) is 19.9 Å². The topological polar surface area (TPSA) is 114 Å². The first kappa shape index (κ1) is 17.1. The van der Waals surface area contributed by atoms with Gasteiger partial charge in [-0.1, -0.05) is 0 Å². The summed E-state index contributed by atoms with van der Waals surface area (Å²) >= 11 is 2.06. The molecule has 1 heterocycles. The first-order valence-corrected chi connectivity index (χ1v) is 7.77. The molecule has 1 aliphatic heterocycles. The number of ether oxygens (including phenoxy) is 1. The highest BCUT2D eigenvalue weighted by molar-refractivity contribution is 14.1. The van der Waals surface area contributed by atoms with E-state index in [0.29, 0.717) is 5.56 Å². The predicted molar refractivity (Wildman–Crippen MR) is 90.9 cm³/mol. The molecule has 3 N–H and O–H groups in total. The van der Waals surface area contributed by atoms with Gasteiger partial charge in [0.1, 0.15) is 6.61 Å². The van der Waals surface area contributed by atoms with E-state index in [1.807, 2.05) is 6.07 Å². The number of imide groups is 1. The molecule has 0 aliphatic carbocycles. The Bertz CT molecular complexity index is 697. The summed E-state index contributed by atoms with van der Waals surface area (Å²) in [6, 6.07) is 5.09. The molecule has 0 spiro atoms. The SMILES string of the molecule is N=C(N)Cc1cc([131I])cc(C(=O)OCCN2C(=O)C=CC2=O)c1. The molecule has 0 aromatic heterocycles. The monoisotopic (exact) mass is 431 g/mol. The summed E-state index contributed by atoms with van der Waals surface area (Å²) in [6.07, 6.45) is 2.61. The minimum Gasteiger partial charge on any atom is -0.460 e. The Kier molecular flexibility index (Phi) is 5.48. The van der Waals surface area contributed by atoms with E-state index >= 15 is 0 Å². The lowest BCUT2D eigenvalue weighted by Gasteiger charge is -2.13. The molecule has 0 bridgehead atoms. The zero-order chi connectivity index (χ0) is 17.0. The first-order chi connectivity index (χ1) is 10.9. The highest BCUT2D eigenvalue weighted by Crippen LogP contribution is 2.14. The molecule has 0 unspecified atom stereocenters. The summed E-state index contributed by atoms with van der Waals surface area (Å²) < 4.78 is 5.92. The highest BCUT2D eigenvalue weighted by atomic mass is 131. The zero-order valence-electron chi connectivity index (χ0n) is 12.0. The van der Waals surface area contributed by atoms with Gasteiger partial charge in [-0.15, -0.1) is 0 Å². The molecule has 8 heteroatoms. The van der Waals surface area contributed by atoms with Crippen molar-refractivity contribution in [3.05, 3.63) is 45.0 Å². The van der Waals surface area contributed by atoms with Crippen molar-refractivity contribution < 1.29 is 19.1 Å². The van der Waals surface area contributed by atoms with Crippen LogP contribution in [0, 0.1) is 8.98 Å². The number of amidine groups is 1. The predicted octanol–water partition coefficient (Wildman–Crippen LogP) is 0.851. The van der Waals surface area contributed by atoms with Gasteiger partial charge in [0.05, 0.1) is 17.9 Å². The summed E-state index contributed by atoms with van der Waals surface area (Å²) in [5.41, 5.74) is 6.45. The van der Waals surface area contributed by atoms with E-state index < -0.39 is 17.8 Å². The van der Waals surface area contributed by atoms with Gasteiger partial charge in [-0.05, 0) is 46.4 Å². The van der Waals surface area contributed by atoms with Crippen LogP contribution >= 0.6 is 22.6 Å². The Balaban J connectivity index is 1.95. The summed E-state index contributed by atoms with van der Waals surface area (Å²) in [4.78, 5) is 35.8. The van der Waals surface area contributed by atoms with Crippen molar-refractivity contribution in [2.75, 3.05) is 13.2 Å². The molecule has 0 saturated carbocycles. The van der Waals surface area contributed by atoms with Gasteiger partial charge < -0.3 is 10.5 Å². The van der Waals surface area contributed by atoms with Crippen molar-refractivity contribution in [2.45, 2.75) is 6.42 Å². The summed E-state index contributed by atoms with van der Waals surface area (Å²) in [7, 11) is 0. The van der Waals surface area contributed by atoms with Gasteiger partial charge in [0.25, 0.3) is 11.8 Å². The standard InChI is InChI=1S/C15H14IN3O4/c16-11-6-9(7-12(17)18)5-10(8-11)15(22)23-4-3-19-13(20)1-2-14(19)21/h1-2,5-6,8H,3-4,7H2,(H3,17,18)/i16+4. The highest BCUT2D eigenvalue weighted by Gasteiger charge is 2.23. The van der Waals surface area contributed by atoms with Gasteiger partial charge in [-0.2, -0.15) is 0 Å². The molecule has 2 rings (SSSR count). The fourth-order valence-electron chi connectivity index (χ4n) is 2.05. The van der Waals surface area contributed by atoms with Crippen LogP contribution in [0.4, 0.5) is 0 Å². The average Bonchev–Trinajstić information content (AvgIpc) is 2.77. The summed E-state index contributed by atoms with van der Waals surface area (Å²) in [5.74, 6) is -1.38. The third-order valence-electron chi connectivity index (χ3n) is 3.04. The van der Waals surface area contributed by atoms with Crippen LogP contribution in [0.2, 0.25) is 0 Å². The third kappa shape index (κ3) is 4.62. The fourth-order valence-corrected chi connectivity index (χ4v) is 2.79. The lowest BCUT2D eigenvalue weighted by atomic mass is 10.1. The van der Waals surface area contributed by atoms with Crippen molar-refractivity contribution >= 4 is 46.2 Å². The van der Waals surface area contributed by atoms with Crippen LogP contribution in [0.3, 0.4) is 0 Å². The number of nitrogens with one attached hydrogen (secondary N) is 1. The number of carbonyl (C=O) groups is 3. The van der Waals surface area contributed by atoms with E-state index in [4.69, 9.17) is 15.9 Å². The van der Waals surface area contributed by atoms with E-state index in [0.717, 1.165) is 14.0 Å². The third-order valence-corrected chi connectivity index (χ3v) is 3.66. The molecule has 1 aliphatic rings. The molecule has 0 fully saturated rings. The minimum absolute atomic E-state index is 0.00451. The maximum Gasteiger partial charge on any atom is 0.338 e. The van der Waals surface area contributed by atoms with Crippen LogP contribution in [0.15, 0.2) is 30.4 Å². The molecule has 0 radical (unpaired) electrons. The van der Waals surface area contributed by atoms with E-state index in [9.17, 15) is 14.4 Å². The summed E-state index contributed by atoms with van der Waals surface area (Å²) in [5, 5.41) is 7.31. The zero-order valence-corrected chi connectivity index (χ0v) is 14.2. The number of rotatable bonds is 6. The Morgan fingerprint density at radius 2 is 1.87 bits per heavy atom. The Morgan fingerprint density at radius 3 is 2.48 bits per heavy atom. The smallest absolute Gasteiger partial charge is 0.338 e. The van der Waals surface area contributed by atoms with Gasteiger partial charge in [0.2, 0.25) is 0 Å². The number of hydrogen-bond donors (Lipinski definition) is 2. The first-order valence-electron chi connectivity index (χ1n) is 6.70. The number of nitrogens with zero attached hydrogens (tertiary/aromatic N) is 1. The van der Waals surface area contributed by atoms with Crippen LogP contribution in [0.1, 0.15) is 15.9 Å². The lowest BCUT2D eigenvalue weighted by Crippen LogP contribution is -2.33. The van der Waals surface area contributed by atoms with E-state index in [-0.39, 0.29) is 25.4 Å². The fraction of sp³-hybridized carbons (Fsp3) is 0.200. The van der Waals surface area contributed by atoms with Crippen molar-refractivity contribution in [3.8, 4) is 0 Å². The van der Waals surface area contributed by atoms with Crippen LogP contribution in [0.5, 0.6) is 0 Å². The average molecular weight is 431 g/mol. The largest absolute Gasteiger partial charge is 0.460 e.